The average Bonchev–Trinajstić information content (AvgIpc) is 2.28. The van der Waals surface area contributed by atoms with E-state index in [1.807, 2.05) is 0 Å². The average molecular weight is 298 g/mol. The lowest BCUT2D eigenvalue weighted by Crippen LogP contribution is -2.18. The summed E-state index contributed by atoms with van der Waals surface area (Å²) in [4.78, 5) is 11.2. The minimum atomic E-state index is -4.42. The number of halogens is 4. The topological polar surface area (TPSA) is 52.3 Å². The van der Waals surface area contributed by atoms with Gasteiger partial charge in [0, 0.05) is 6.04 Å². The van der Waals surface area contributed by atoms with E-state index in [0.29, 0.717) is 0 Å². The zero-order valence-corrected chi connectivity index (χ0v) is 11.1. The van der Waals surface area contributed by atoms with Crippen molar-refractivity contribution in [2.75, 3.05) is 6.61 Å². The van der Waals surface area contributed by atoms with Gasteiger partial charge in [0.15, 0.2) is 0 Å². The number of hydrogen-bond acceptors (Lipinski definition) is 3. The molecule has 3 nitrogen and oxygen atoms in total. The van der Waals surface area contributed by atoms with E-state index in [9.17, 15) is 18.0 Å². The first kappa shape index (κ1) is 17.7. The molecule has 0 saturated carbocycles. The molecule has 1 aromatic carbocycles. The molecule has 7 heteroatoms. The Bertz CT molecular complexity index is 424. The third kappa shape index (κ3) is 5.48. The van der Waals surface area contributed by atoms with Crippen molar-refractivity contribution >= 4 is 18.4 Å². The second-order valence-corrected chi connectivity index (χ2v) is 3.74. The molecule has 1 rings (SSSR count). The molecular formula is C12H15ClF3NO2. The first-order chi connectivity index (χ1) is 8.34. The molecule has 1 aromatic rings. The highest BCUT2D eigenvalue weighted by atomic mass is 35.5. The standard InChI is InChI=1S/C12H14F3NO2.ClH/c1-2-18-11(17)7-10(16)8-4-3-5-9(6-8)12(13,14)15;/h3-6,10H,2,7,16H2,1H3;1H/t10-;/m0./s1. The second kappa shape index (κ2) is 7.35. The minimum absolute atomic E-state index is 0. The highest BCUT2D eigenvalue weighted by Crippen LogP contribution is 2.30. The van der Waals surface area contributed by atoms with Gasteiger partial charge in [-0.25, -0.2) is 0 Å². The lowest BCUT2D eigenvalue weighted by Gasteiger charge is -2.13. The van der Waals surface area contributed by atoms with Crippen LogP contribution < -0.4 is 5.73 Å². The monoisotopic (exact) mass is 297 g/mol. The first-order valence-electron chi connectivity index (χ1n) is 5.43. The van der Waals surface area contributed by atoms with Crippen LogP contribution in [0.2, 0.25) is 0 Å². The summed E-state index contributed by atoms with van der Waals surface area (Å²) in [5.41, 5.74) is 5.15. The van der Waals surface area contributed by atoms with E-state index in [-0.39, 0.29) is 31.0 Å². The molecular weight excluding hydrogens is 283 g/mol. The van der Waals surface area contributed by atoms with Gasteiger partial charge in [0.05, 0.1) is 18.6 Å². The van der Waals surface area contributed by atoms with E-state index < -0.39 is 23.8 Å². The van der Waals surface area contributed by atoms with Crippen LogP contribution in [0.1, 0.15) is 30.5 Å². The van der Waals surface area contributed by atoms with E-state index in [1.165, 1.54) is 12.1 Å². The van der Waals surface area contributed by atoms with Crippen LogP contribution in [0.5, 0.6) is 0 Å². The predicted molar refractivity (Wildman–Crippen MR) is 66.9 cm³/mol. The van der Waals surface area contributed by atoms with Crippen molar-refractivity contribution in [2.24, 2.45) is 5.73 Å². The Balaban J connectivity index is 0.00000324. The molecule has 0 bridgehead atoms. The van der Waals surface area contributed by atoms with Crippen LogP contribution >= 0.6 is 12.4 Å². The lowest BCUT2D eigenvalue weighted by molar-refractivity contribution is -0.143. The zero-order valence-electron chi connectivity index (χ0n) is 10.2. The van der Waals surface area contributed by atoms with Crippen molar-refractivity contribution in [3.05, 3.63) is 35.4 Å². The maximum Gasteiger partial charge on any atom is 0.416 e. The summed E-state index contributed by atoms with van der Waals surface area (Å²) in [7, 11) is 0. The van der Waals surface area contributed by atoms with Crippen molar-refractivity contribution in [3.63, 3.8) is 0 Å². The van der Waals surface area contributed by atoms with Crippen LogP contribution in [0, 0.1) is 0 Å². The molecule has 0 heterocycles. The fraction of sp³-hybridized carbons (Fsp3) is 0.417. The third-order valence-corrected chi connectivity index (χ3v) is 2.33. The van der Waals surface area contributed by atoms with Crippen LogP contribution in [0.4, 0.5) is 13.2 Å². The molecule has 2 N–H and O–H groups in total. The minimum Gasteiger partial charge on any atom is -0.466 e. The fourth-order valence-electron chi connectivity index (χ4n) is 1.46. The molecule has 0 spiro atoms. The normalized spacial score (nSPS) is 12.5. The second-order valence-electron chi connectivity index (χ2n) is 3.74. The van der Waals surface area contributed by atoms with Gasteiger partial charge in [-0.1, -0.05) is 12.1 Å². The van der Waals surface area contributed by atoms with Gasteiger partial charge < -0.3 is 10.5 Å². The quantitative estimate of drug-likeness (QED) is 0.869. The van der Waals surface area contributed by atoms with E-state index in [2.05, 4.69) is 0 Å². The summed E-state index contributed by atoms with van der Waals surface area (Å²) in [6.45, 7) is 1.86. The SMILES string of the molecule is CCOC(=O)C[C@H](N)c1cccc(C(F)(F)F)c1.Cl. The van der Waals surface area contributed by atoms with Crippen LogP contribution in [0.15, 0.2) is 24.3 Å². The van der Waals surface area contributed by atoms with Crippen molar-refractivity contribution in [2.45, 2.75) is 25.6 Å². The summed E-state index contributed by atoms with van der Waals surface area (Å²) in [5, 5.41) is 0. The molecule has 0 unspecified atom stereocenters. The molecule has 0 fully saturated rings. The number of rotatable bonds is 4. The Morgan fingerprint density at radius 3 is 2.58 bits per heavy atom. The van der Waals surface area contributed by atoms with Crippen molar-refractivity contribution in [1.29, 1.82) is 0 Å². The van der Waals surface area contributed by atoms with Crippen LogP contribution in [-0.2, 0) is 15.7 Å². The third-order valence-electron chi connectivity index (χ3n) is 2.33. The Morgan fingerprint density at radius 1 is 1.42 bits per heavy atom. The molecule has 19 heavy (non-hydrogen) atoms. The van der Waals surface area contributed by atoms with E-state index in [0.717, 1.165) is 12.1 Å². The Morgan fingerprint density at radius 2 is 2.05 bits per heavy atom. The van der Waals surface area contributed by atoms with Gasteiger partial charge in [-0.3, -0.25) is 4.79 Å². The van der Waals surface area contributed by atoms with Gasteiger partial charge in [0.2, 0.25) is 0 Å². The Labute approximate surface area is 115 Å². The van der Waals surface area contributed by atoms with E-state index >= 15 is 0 Å². The summed E-state index contributed by atoms with van der Waals surface area (Å²) in [6.07, 6.45) is -4.56. The molecule has 0 aromatic heterocycles. The highest BCUT2D eigenvalue weighted by Gasteiger charge is 2.30. The van der Waals surface area contributed by atoms with Crippen LogP contribution in [0.25, 0.3) is 0 Å². The maximum absolute atomic E-state index is 12.5. The Kier molecular flexibility index (Phi) is 6.86. The van der Waals surface area contributed by atoms with Gasteiger partial charge in [-0.05, 0) is 24.6 Å². The number of ether oxygens (including phenoxy) is 1. The number of benzene rings is 1. The molecule has 1 atom stereocenters. The number of carbonyl (C=O) groups is 1. The van der Waals surface area contributed by atoms with Gasteiger partial charge in [-0.15, -0.1) is 12.4 Å². The first-order valence-corrected chi connectivity index (χ1v) is 5.43. The zero-order chi connectivity index (χ0) is 13.8. The van der Waals surface area contributed by atoms with Crippen molar-refractivity contribution in [1.82, 2.24) is 0 Å². The summed E-state index contributed by atoms with van der Waals surface area (Å²) in [5.74, 6) is -0.526. The van der Waals surface area contributed by atoms with E-state index in [1.54, 1.807) is 6.92 Å². The molecule has 0 amide bonds. The smallest absolute Gasteiger partial charge is 0.416 e. The Hall–Kier alpha value is -1.27. The van der Waals surface area contributed by atoms with Gasteiger partial charge >= 0.3 is 12.1 Å². The number of hydrogen-bond donors (Lipinski definition) is 1. The summed E-state index contributed by atoms with van der Waals surface area (Å²) in [6, 6.07) is 3.83. The molecule has 0 radical (unpaired) electrons. The van der Waals surface area contributed by atoms with Crippen LogP contribution in [-0.4, -0.2) is 12.6 Å². The summed E-state index contributed by atoms with van der Waals surface area (Å²) >= 11 is 0. The van der Waals surface area contributed by atoms with Gasteiger partial charge in [0.1, 0.15) is 0 Å². The molecule has 0 saturated heterocycles. The van der Waals surface area contributed by atoms with Crippen molar-refractivity contribution < 1.29 is 22.7 Å². The molecule has 0 aliphatic carbocycles. The van der Waals surface area contributed by atoms with Crippen LogP contribution in [0.3, 0.4) is 0 Å². The molecule has 0 aliphatic rings. The highest BCUT2D eigenvalue weighted by molar-refractivity contribution is 5.85. The maximum atomic E-state index is 12.5. The largest absolute Gasteiger partial charge is 0.466 e. The van der Waals surface area contributed by atoms with E-state index in [4.69, 9.17) is 10.5 Å². The number of alkyl halides is 3. The lowest BCUT2D eigenvalue weighted by atomic mass is 10.0. The van der Waals surface area contributed by atoms with Crippen molar-refractivity contribution in [3.8, 4) is 0 Å². The number of carbonyl (C=O) groups excluding carboxylic acids is 1. The van der Waals surface area contributed by atoms with Gasteiger partial charge in [-0.2, -0.15) is 13.2 Å². The fourth-order valence-corrected chi connectivity index (χ4v) is 1.46. The number of esters is 1. The van der Waals surface area contributed by atoms with Gasteiger partial charge in [0.25, 0.3) is 0 Å². The molecule has 0 aliphatic heterocycles. The predicted octanol–water partition coefficient (Wildman–Crippen LogP) is 3.08. The number of nitrogens with two attached hydrogens (primary N) is 1. The molecule has 108 valence electrons. The summed E-state index contributed by atoms with van der Waals surface area (Å²) < 4.78 is 42.1.